The van der Waals surface area contributed by atoms with Gasteiger partial charge in [0.1, 0.15) is 0 Å². The van der Waals surface area contributed by atoms with Gasteiger partial charge in [0.25, 0.3) is 0 Å². The van der Waals surface area contributed by atoms with Crippen molar-refractivity contribution < 1.29 is 0 Å². The normalized spacial score (nSPS) is 16.8. The van der Waals surface area contributed by atoms with Crippen LogP contribution in [0.3, 0.4) is 0 Å². The van der Waals surface area contributed by atoms with E-state index in [2.05, 4.69) is 45.7 Å². The highest BCUT2D eigenvalue weighted by molar-refractivity contribution is 9.12. The molecule has 0 radical (unpaired) electrons. The zero-order chi connectivity index (χ0) is 8.04. The molecule has 0 aliphatic heterocycles. The number of halogens is 2. The Morgan fingerprint density at radius 1 is 1.30 bits per heavy atom. The molecule has 0 fully saturated rings. The molecule has 62 valence electrons. The van der Waals surface area contributed by atoms with Crippen LogP contribution >= 0.6 is 31.9 Å². The van der Waals surface area contributed by atoms with Crippen molar-refractivity contribution in [3.63, 3.8) is 0 Å². The fourth-order valence-electron chi connectivity index (χ4n) is 0.810. The van der Waals surface area contributed by atoms with Crippen LogP contribution in [-0.2, 0) is 0 Å². The molecule has 0 spiro atoms. The van der Waals surface area contributed by atoms with E-state index in [1.54, 1.807) is 0 Å². The fraction of sp³-hybridized carbons (Fsp3) is 1.00. The summed E-state index contributed by atoms with van der Waals surface area (Å²) in [4.78, 5) is 0. The number of unbranched alkanes of at least 4 members (excludes halogenated alkanes) is 2. The summed E-state index contributed by atoms with van der Waals surface area (Å²) < 4.78 is 0.322. The van der Waals surface area contributed by atoms with Gasteiger partial charge in [-0.3, -0.25) is 0 Å². The lowest BCUT2D eigenvalue weighted by Gasteiger charge is -2.18. The Bertz CT molecular complexity index is 79.3. The molecule has 10 heavy (non-hydrogen) atoms. The number of hydrogen-bond acceptors (Lipinski definition) is 0. The molecule has 0 aromatic carbocycles. The van der Waals surface area contributed by atoms with Crippen LogP contribution in [-0.4, -0.2) is 9.65 Å². The van der Waals surface area contributed by atoms with E-state index < -0.39 is 0 Å². The monoisotopic (exact) mass is 270 g/mol. The Morgan fingerprint density at radius 2 is 1.90 bits per heavy atom. The van der Waals surface area contributed by atoms with Crippen molar-refractivity contribution >= 4 is 31.9 Å². The van der Waals surface area contributed by atoms with Gasteiger partial charge in [-0.1, -0.05) is 58.0 Å². The van der Waals surface area contributed by atoms with Gasteiger partial charge in [0.05, 0.1) is 0 Å². The Balaban J connectivity index is 3.28. The largest absolute Gasteiger partial charge is 0.0913 e. The molecule has 0 aromatic heterocycles. The molecule has 0 N–H and O–H groups in total. The van der Waals surface area contributed by atoms with Crippen molar-refractivity contribution in [1.82, 2.24) is 0 Å². The quantitative estimate of drug-likeness (QED) is 0.521. The second-order valence-electron chi connectivity index (χ2n) is 3.00. The molecule has 2 heteroatoms. The number of hydrogen-bond donors (Lipinski definition) is 0. The molecule has 0 aliphatic rings. The van der Waals surface area contributed by atoms with E-state index in [1.807, 2.05) is 0 Å². The lowest BCUT2D eigenvalue weighted by atomic mass is 10.1. The van der Waals surface area contributed by atoms with Crippen LogP contribution in [0.1, 0.15) is 39.5 Å². The van der Waals surface area contributed by atoms with Gasteiger partial charge in [0, 0.05) is 9.65 Å². The van der Waals surface area contributed by atoms with Crippen LogP contribution in [0.2, 0.25) is 0 Å². The number of alkyl halides is 2. The van der Waals surface area contributed by atoms with Gasteiger partial charge < -0.3 is 0 Å². The summed E-state index contributed by atoms with van der Waals surface area (Å²) in [7, 11) is 0. The number of rotatable bonds is 5. The van der Waals surface area contributed by atoms with Crippen LogP contribution in [0.25, 0.3) is 0 Å². The summed E-state index contributed by atoms with van der Waals surface area (Å²) >= 11 is 7.14. The molecule has 1 atom stereocenters. The average molecular weight is 272 g/mol. The van der Waals surface area contributed by atoms with Gasteiger partial charge in [-0.15, -0.1) is 0 Å². The van der Waals surface area contributed by atoms with Gasteiger partial charge >= 0.3 is 0 Å². The summed E-state index contributed by atoms with van der Waals surface area (Å²) in [5, 5.41) is 1.05. The summed E-state index contributed by atoms with van der Waals surface area (Å²) in [6, 6.07) is 0. The van der Waals surface area contributed by atoms with Crippen LogP contribution in [0.15, 0.2) is 0 Å². The van der Waals surface area contributed by atoms with E-state index in [1.165, 1.54) is 25.7 Å². The van der Waals surface area contributed by atoms with Crippen molar-refractivity contribution in [3.8, 4) is 0 Å². The summed E-state index contributed by atoms with van der Waals surface area (Å²) in [5.41, 5.74) is 0. The van der Waals surface area contributed by atoms with Crippen molar-refractivity contribution in [2.24, 2.45) is 0 Å². The van der Waals surface area contributed by atoms with Gasteiger partial charge in [-0.25, -0.2) is 0 Å². The molecule has 0 bridgehead atoms. The van der Waals surface area contributed by atoms with Crippen LogP contribution in [0.4, 0.5) is 0 Å². The van der Waals surface area contributed by atoms with E-state index in [-0.39, 0.29) is 0 Å². The smallest absolute Gasteiger partial charge is 0.0326 e. The molecular weight excluding hydrogens is 256 g/mol. The zero-order valence-corrected chi connectivity index (χ0v) is 9.96. The SMILES string of the molecule is CCCCCC(C)(Br)CBr. The lowest BCUT2D eigenvalue weighted by Crippen LogP contribution is -2.16. The molecule has 1 unspecified atom stereocenters. The first kappa shape index (κ1) is 11.0. The highest BCUT2D eigenvalue weighted by atomic mass is 79.9. The van der Waals surface area contributed by atoms with E-state index >= 15 is 0 Å². The highest BCUT2D eigenvalue weighted by Crippen LogP contribution is 2.26. The maximum absolute atomic E-state index is 3.66. The molecular formula is C8H16Br2. The minimum Gasteiger partial charge on any atom is -0.0913 e. The van der Waals surface area contributed by atoms with Crippen LogP contribution in [0.5, 0.6) is 0 Å². The van der Waals surface area contributed by atoms with Crippen molar-refractivity contribution in [2.75, 3.05) is 5.33 Å². The predicted molar refractivity (Wildman–Crippen MR) is 55.3 cm³/mol. The second kappa shape index (κ2) is 5.59. The highest BCUT2D eigenvalue weighted by Gasteiger charge is 2.16. The van der Waals surface area contributed by atoms with Gasteiger partial charge in [0.15, 0.2) is 0 Å². The minimum atomic E-state index is 0.322. The molecule has 0 amide bonds. The summed E-state index contributed by atoms with van der Waals surface area (Å²) in [5.74, 6) is 0. The minimum absolute atomic E-state index is 0.322. The first-order chi connectivity index (χ1) is 4.62. The maximum Gasteiger partial charge on any atom is 0.0326 e. The van der Waals surface area contributed by atoms with Crippen LogP contribution < -0.4 is 0 Å². The van der Waals surface area contributed by atoms with E-state index in [4.69, 9.17) is 0 Å². The zero-order valence-electron chi connectivity index (χ0n) is 6.79. The van der Waals surface area contributed by atoms with Crippen molar-refractivity contribution in [2.45, 2.75) is 43.9 Å². The third kappa shape index (κ3) is 5.72. The Hall–Kier alpha value is 0.960. The molecule has 0 aliphatic carbocycles. The molecule has 0 nitrogen and oxygen atoms in total. The fourth-order valence-corrected chi connectivity index (χ4v) is 1.37. The van der Waals surface area contributed by atoms with Gasteiger partial charge in [-0.2, -0.15) is 0 Å². The first-order valence-corrected chi connectivity index (χ1v) is 5.78. The van der Waals surface area contributed by atoms with Crippen molar-refractivity contribution in [3.05, 3.63) is 0 Å². The van der Waals surface area contributed by atoms with E-state index in [0.717, 1.165) is 5.33 Å². The van der Waals surface area contributed by atoms with Gasteiger partial charge in [0.2, 0.25) is 0 Å². The maximum atomic E-state index is 3.66. The lowest BCUT2D eigenvalue weighted by molar-refractivity contribution is 0.589. The summed E-state index contributed by atoms with van der Waals surface area (Å²) in [6.45, 7) is 4.47. The van der Waals surface area contributed by atoms with Gasteiger partial charge in [-0.05, 0) is 13.3 Å². The molecule has 0 saturated heterocycles. The average Bonchev–Trinajstić information content (AvgIpc) is 1.89. The second-order valence-corrected chi connectivity index (χ2v) is 5.48. The third-order valence-corrected chi connectivity index (χ3v) is 4.25. The van der Waals surface area contributed by atoms with E-state index in [9.17, 15) is 0 Å². The predicted octanol–water partition coefficient (Wildman–Crippen LogP) is 4.12. The third-order valence-electron chi connectivity index (χ3n) is 1.58. The Kier molecular flexibility index (Phi) is 6.13. The standard InChI is InChI=1S/C8H16Br2/c1-3-4-5-6-8(2,10)7-9/h3-7H2,1-2H3. The van der Waals surface area contributed by atoms with Crippen molar-refractivity contribution in [1.29, 1.82) is 0 Å². The topological polar surface area (TPSA) is 0 Å². The molecule has 0 heterocycles. The van der Waals surface area contributed by atoms with E-state index in [0.29, 0.717) is 4.32 Å². The summed E-state index contributed by atoms with van der Waals surface area (Å²) in [6.07, 6.45) is 5.27. The molecule has 0 aromatic rings. The molecule has 0 rings (SSSR count). The molecule has 0 saturated carbocycles. The Labute approximate surface area is 81.0 Å². The first-order valence-electron chi connectivity index (χ1n) is 3.87. The van der Waals surface area contributed by atoms with Crippen LogP contribution in [0, 0.1) is 0 Å². The Morgan fingerprint density at radius 3 is 2.30 bits per heavy atom.